The Balaban J connectivity index is 1.57. The molecule has 3 aromatic carbocycles. The number of ether oxygens (including phenoxy) is 2. The third-order valence-corrected chi connectivity index (χ3v) is 5.79. The van der Waals surface area contributed by atoms with E-state index in [0.29, 0.717) is 17.6 Å². The van der Waals surface area contributed by atoms with E-state index in [2.05, 4.69) is 0 Å². The summed E-state index contributed by atoms with van der Waals surface area (Å²) in [6, 6.07) is 14.7. The Labute approximate surface area is 197 Å². The second kappa shape index (κ2) is 8.45. The van der Waals surface area contributed by atoms with E-state index in [1.165, 1.54) is 30.3 Å². The minimum Gasteiger partial charge on any atom is -0.462 e. The highest BCUT2D eigenvalue weighted by molar-refractivity contribution is 6.30. The quantitative estimate of drug-likeness (QED) is 0.145. The largest absolute Gasteiger partial charge is 0.462 e. The SMILES string of the molecule is O=C1OCCC1=Cc1ccccc1OC(=O)c1ccc2c(c1[N+](=O)[O-])C(=O)c1ccccc1C2=O. The monoisotopic (exact) mass is 469 g/mol. The standard InChI is InChI=1S/C26H15NO8/c28-23-16-6-2-3-7-17(16)24(29)21-18(23)9-10-19(22(21)27(32)33)26(31)35-20-8-4-1-5-14(20)13-15-11-12-34-25(15)30/h1-10,13H,11-12H2. The van der Waals surface area contributed by atoms with Gasteiger partial charge in [0.15, 0.2) is 5.78 Å². The lowest BCUT2D eigenvalue weighted by Gasteiger charge is -2.18. The van der Waals surface area contributed by atoms with E-state index in [9.17, 15) is 29.3 Å². The molecule has 0 amide bonds. The Kier molecular flexibility index (Phi) is 5.29. The van der Waals surface area contributed by atoms with Gasteiger partial charge in [-0.05, 0) is 24.3 Å². The lowest BCUT2D eigenvalue weighted by molar-refractivity contribution is -0.385. The normalized spacial score (nSPS) is 15.4. The number of nitrogens with zero attached hydrogens (tertiary/aromatic N) is 1. The Hall–Kier alpha value is -4.92. The molecule has 0 atom stereocenters. The fourth-order valence-corrected chi connectivity index (χ4v) is 4.14. The van der Waals surface area contributed by atoms with Crippen LogP contribution in [0.1, 0.15) is 54.2 Å². The summed E-state index contributed by atoms with van der Waals surface area (Å²) in [7, 11) is 0. The molecule has 0 N–H and O–H groups in total. The van der Waals surface area contributed by atoms with Crippen LogP contribution in [0, 0.1) is 10.1 Å². The van der Waals surface area contributed by atoms with E-state index in [1.54, 1.807) is 30.3 Å². The molecule has 2 aliphatic rings. The van der Waals surface area contributed by atoms with Crippen LogP contribution in [0.3, 0.4) is 0 Å². The number of ketones is 2. The van der Waals surface area contributed by atoms with Crippen molar-refractivity contribution < 1.29 is 33.6 Å². The highest BCUT2D eigenvalue weighted by Crippen LogP contribution is 2.36. The van der Waals surface area contributed by atoms with Gasteiger partial charge in [0, 0.05) is 34.2 Å². The topological polar surface area (TPSA) is 130 Å². The van der Waals surface area contributed by atoms with E-state index in [0.717, 1.165) is 6.07 Å². The average Bonchev–Trinajstić information content (AvgIpc) is 3.26. The number of para-hydroxylation sites is 1. The Morgan fingerprint density at radius 2 is 1.60 bits per heavy atom. The molecule has 35 heavy (non-hydrogen) atoms. The Morgan fingerprint density at radius 1 is 0.914 bits per heavy atom. The first-order valence-corrected chi connectivity index (χ1v) is 10.6. The van der Waals surface area contributed by atoms with Crippen LogP contribution in [0.5, 0.6) is 5.75 Å². The van der Waals surface area contributed by atoms with E-state index in [1.807, 2.05) is 0 Å². The maximum Gasteiger partial charge on any atom is 0.350 e. The summed E-state index contributed by atoms with van der Waals surface area (Å²) in [6.45, 7) is 0.254. The number of hydrogen-bond donors (Lipinski definition) is 0. The molecule has 0 bridgehead atoms. The molecule has 0 aromatic heterocycles. The minimum atomic E-state index is -1.08. The van der Waals surface area contributed by atoms with Crippen molar-refractivity contribution in [2.75, 3.05) is 6.61 Å². The van der Waals surface area contributed by atoms with Crippen molar-refractivity contribution in [1.29, 1.82) is 0 Å². The molecule has 0 radical (unpaired) electrons. The van der Waals surface area contributed by atoms with Crippen molar-refractivity contribution in [2.45, 2.75) is 6.42 Å². The zero-order valence-electron chi connectivity index (χ0n) is 18.0. The molecule has 1 aliphatic heterocycles. The predicted molar refractivity (Wildman–Crippen MR) is 121 cm³/mol. The third kappa shape index (κ3) is 3.68. The van der Waals surface area contributed by atoms with Crippen molar-refractivity contribution in [3.63, 3.8) is 0 Å². The molecule has 0 unspecified atom stereocenters. The van der Waals surface area contributed by atoms with Gasteiger partial charge in [0.2, 0.25) is 5.78 Å². The van der Waals surface area contributed by atoms with Gasteiger partial charge < -0.3 is 9.47 Å². The molecule has 1 saturated heterocycles. The zero-order valence-corrected chi connectivity index (χ0v) is 18.0. The van der Waals surface area contributed by atoms with Crippen LogP contribution in [0.2, 0.25) is 0 Å². The predicted octanol–water partition coefficient (Wildman–Crippen LogP) is 3.92. The zero-order chi connectivity index (χ0) is 24.7. The van der Waals surface area contributed by atoms with Gasteiger partial charge in [0.25, 0.3) is 5.69 Å². The molecule has 5 rings (SSSR count). The highest BCUT2D eigenvalue weighted by Gasteiger charge is 2.39. The molecule has 1 aliphatic carbocycles. The number of fused-ring (bicyclic) bond motifs is 2. The van der Waals surface area contributed by atoms with Gasteiger partial charge in [0.05, 0.1) is 11.5 Å². The molecular weight excluding hydrogens is 454 g/mol. The number of benzene rings is 3. The van der Waals surface area contributed by atoms with Gasteiger partial charge in [-0.2, -0.15) is 0 Å². The third-order valence-electron chi connectivity index (χ3n) is 5.79. The molecule has 0 saturated carbocycles. The number of carbonyl (C=O) groups excluding carboxylic acids is 4. The molecular formula is C26H15NO8. The van der Waals surface area contributed by atoms with Crippen molar-refractivity contribution in [2.24, 2.45) is 0 Å². The number of esters is 2. The first-order valence-electron chi connectivity index (χ1n) is 10.6. The van der Waals surface area contributed by atoms with E-state index in [-0.39, 0.29) is 29.0 Å². The van der Waals surface area contributed by atoms with Gasteiger partial charge >= 0.3 is 11.9 Å². The van der Waals surface area contributed by atoms with Gasteiger partial charge in [-0.1, -0.05) is 42.5 Å². The van der Waals surface area contributed by atoms with E-state index < -0.39 is 45.2 Å². The van der Waals surface area contributed by atoms with Crippen LogP contribution in [-0.4, -0.2) is 35.0 Å². The Bertz CT molecular complexity index is 1500. The number of carbonyl (C=O) groups is 4. The van der Waals surface area contributed by atoms with Crippen LogP contribution < -0.4 is 4.74 Å². The molecule has 0 spiro atoms. The van der Waals surface area contributed by atoms with E-state index >= 15 is 0 Å². The van der Waals surface area contributed by atoms with Crippen molar-refractivity contribution in [3.8, 4) is 5.75 Å². The van der Waals surface area contributed by atoms with Crippen LogP contribution >= 0.6 is 0 Å². The van der Waals surface area contributed by atoms with Crippen LogP contribution in [0.15, 0.2) is 66.2 Å². The second-order valence-corrected chi connectivity index (χ2v) is 7.83. The highest BCUT2D eigenvalue weighted by atomic mass is 16.6. The summed E-state index contributed by atoms with van der Waals surface area (Å²) in [5.41, 5.74) is -0.903. The smallest absolute Gasteiger partial charge is 0.350 e. The maximum absolute atomic E-state index is 13.1. The van der Waals surface area contributed by atoms with Crippen LogP contribution in [0.25, 0.3) is 6.08 Å². The van der Waals surface area contributed by atoms with Gasteiger partial charge in [-0.3, -0.25) is 19.7 Å². The fourth-order valence-electron chi connectivity index (χ4n) is 4.14. The molecule has 1 heterocycles. The summed E-state index contributed by atoms with van der Waals surface area (Å²) >= 11 is 0. The van der Waals surface area contributed by atoms with E-state index in [4.69, 9.17) is 9.47 Å². The summed E-state index contributed by atoms with van der Waals surface area (Å²) in [6.07, 6.45) is 1.92. The van der Waals surface area contributed by atoms with Gasteiger partial charge in [-0.15, -0.1) is 0 Å². The number of cyclic esters (lactones) is 1. The number of rotatable bonds is 4. The van der Waals surface area contributed by atoms with Crippen LogP contribution in [-0.2, 0) is 9.53 Å². The molecule has 9 heteroatoms. The number of nitro benzene ring substituents is 1. The average molecular weight is 469 g/mol. The molecule has 9 nitrogen and oxygen atoms in total. The second-order valence-electron chi connectivity index (χ2n) is 7.83. The van der Waals surface area contributed by atoms with Crippen molar-refractivity contribution in [3.05, 3.63) is 110 Å². The van der Waals surface area contributed by atoms with Gasteiger partial charge in [0.1, 0.15) is 16.9 Å². The summed E-state index contributed by atoms with van der Waals surface area (Å²) in [4.78, 5) is 62.1. The molecule has 3 aromatic rings. The maximum atomic E-state index is 13.1. The summed E-state index contributed by atoms with van der Waals surface area (Å²) in [5, 5.41) is 12.0. The Morgan fingerprint density at radius 3 is 2.29 bits per heavy atom. The number of hydrogen-bond acceptors (Lipinski definition) is 8. The minimum absolute atomic E-state index is 0.0269. The van der Waals surface area contributed by atoms with Crippen molar-refractivity contribution in [1.82, 2.24) is 0 Å². The summed E-state index contributed by atoms with van der Waals surface area (Å²) in [5.74, 6) is -2.76. The lowest BCUT2D eigenvalue weighted by atomic mass is 9.82. The fraction of sp³-hybridized carbons (Fsp3) is 0.0769. The lowest BCUT2D eigenvalue weighted by Crippen LogP contribution is -2.24. The first kappa shape index (κ1) is 21.9. The molecule has 172 valence electrons. The van der Waals surface area contributed by atoms with Crippen molar-refractivity contribution >= 4 is 35.3 Å². The summed E-state index contributed by atoms with van der Waals surface area (Å²) < 4.78 is 10.4. The first-order chi connectivity index (χ1) is 16.9. The van der Waals surface area contributed by atoms with Gasteiger partial charge in [-0.25, -0.2) is 9.59 Å². The number of nitro groups is 1. The van der Waals surface area contributed by atoms with Crippen LogP contribution in [0.4, 0.5) is 5.69 Å². The molecule has 1 fully saturated rings.